The minimum Gasteiger partial charge on any atom is -0.311 e. The van der Waals surface area contributed by atoms with E-state index in [1.807, 2.05) is 0 Å². The fraction of sp³-hybridized carbons (Fsp3) is 1.00. The lowest BCUT2D eigenvalue weighted by molar-refractivity contribution is -0.0332. The highest BCUT2D eigenvalue weighted by Gasteiger charge is 2.44. The maximum atomic E-state index is 12.4. The predicted molar refractivity (Wildman–Crippen MR) is 82.5 cm³/mol. The molecule has 21 heavy (non-hydrogen) atoms. The average molecular weight is 324 g/mol. The smallest absolute Gasteiger partial charge is 0.311 e. The topological polar surface area (TPSA) is 15.3 Å². The van der Waals surface area contributed by atoms with E-state index in [1.165, 1.54) is 12.8 Å². The van der Waals surface area contributed by atoms with Crippen LogP contribution < -0.4 is 5.32 Å². The van der Waals surface area contributed by atoms with Gasteiger partial charge in [-0.2, -0.15) is 13.2 Å². The van der Waals surface area contributed by atoms with Crippen molar-refractivity contribution in [1.82, 2.24) is 10.2 Å². The van der Waals surface area contributed by atoms with Crippen molar-refractivity contribution >= 4 is 11.8 Å². The van der Waals surface area contributed by atoms with Crippen LogP contribution in [0.25, 0.3) is 0 Å². The molecule has 1 N–H and O–H groups in total. The highest BCUT2D eigenvalue weighted by Crippen LogP contribution is 2.38. The van der Waals surface area contributed by atoms with Crippen LogP contribution in [0.5, 0.6) is 0 Å². The van der Waals surface area contributed by atoms with Crippen molar-refractivity contribution in [3.63, 3.8) is 0 Å². The summed E-state index contributed by atoms with van der Waals surface area (Å²) in [4.78, 5) is 2.37. The first-order valence-corrected chi connectivity index (χ1v) is 9.04. The fourth-order valence-electron chi connectivity index (χ4n) is 3.72. The Balaban J connectivity index is 1.96. The lowest BCUT2D eigenvalue weighted by Gasteiger charge is -2.49. The van der Waals surface area contributed by atoms with E-state index in [1.54, 1.807) is 0 Å². The van der Waals surface area contributed by atoms with E-state index in [0.29, 0.717) is 18.5 Å². The molecule has 0 aromatic carbocycles. The zero-order chi connectivity index (χ0) is 15.5. The van der Waals surface area contributed by atoms with Gasteiger partial charge in [-0.3, -0.25) is 4.90 Å². The number of halogens is 3. The molecule has 1 aliphatic heterocycles. The molecule has 2 unspecified atom stereocenters. The first-order chi connectivity index (χ1) is 9.86. The van der Waals surface area contributed by atoms with Crippen LogP contribution in [-0.4, -0.2) is 47.4 Å². The molecule has 6 heteroatoms. The minimum absolute atomic E-state index is 0.121. The van der Waals surface area contributed by atoms with Crippen molar-refractivity contribution in [2.75, 3.05) is 25.4 Å². The molecule has 1 aliphatic carbocycles. The third-order valence-corrected chi connectivity index (χ3v) is 5.99. The predicted octanol–water partition coefficient (Wildman–Crippen LogP) is 3.87. The van der Waals surface area contributed by atoms with Crippen LogP contribution in [0.4, 0.5) is 13.2 Å². The summed E-state index contributed by atoms with van der Waals surface area (Å²) in [5.74, 6) is 0.722. The highest BCUT2D eigenvalue weighted by molar-refractivity contribution is 8.00. The molecule has 1 saturated heterocycles. The van der Waals surface area contributed by atoms with Gasteiger partial charge in [0.25, 0.3) is 0 Å². The van der Waals surface area contributed by atoms with Gasteiger partial charge in [-0.15, -0.1) is 0 Å². The first-order valence-electron chi connectivity index (χ1n) is 8.05. The van der Waals surface area contributed by atoms with Gasteiger partial charge in [-0.1, -0.05) is 33.1 Å². The van der Waals surface area contributed by atoms with Gasteiger partial charge in [-0.25, -0.2) is 0 Å². The Morgan fingerprint density at radius 2 is 2.00 bits per heavy atom. The second kappa shape index (κ2) is 7.09. The molecule has 0 amide bonds. The van der Waals surface area contributed by atoms with Gasteiger partial charge >= 0.3 is 5.51 Å². The van der Waals surface area contributed by atoms with Gasteiger partial charge in [0.2, 0.25) is 0 Å². The second-order valence-electron chi connectivity index (χ2n) is 6.54. The van der Waals surface area contributed by atoms with Gasteiger partial charge in [0.15, 0.2) is 0 Å². The highest BCUT2D eigenvalue weighted by atomic mass is 32.2. The molecule has 2 rings (SSSR count). The summed E-state index contributed by atoms with van der Waals surface area (Å²) in [7, 11) is 0. The number of nitrogens with zero attached hydrogens (tertiary/aromatic N) is 1. The van der Waals surface area contributed by atoms with E-state index >= 15 is 0 Å². The summed E-state index contributed by atoms with van der Waals surface area (Å²) in [6.07, 6.45) is 5.78. The maximum absolute atomic E-state index is 12.4. The van der Waals surface area contributed by atoms with Crippen LogP contribution in [0.1, 0.15) is 46.0 Å². The van der Waals surface area contributed by atoms with E-state index in [4.69, 9.17) is 0 Å². The molecule has 2 nitrogen and oxygen atoms in total. The molecule has 0 aromatic rings. The van der Waals surface area contributed by atoms with Crippen molar-refractivity contribution in [3.8, 4) is 0 Å². The summed E-state index contributed by atoms with van der Waals surface area (Å²) in [5, 5.41) is 3.67. The Morgan fingerprint density at radius 3 is 2.57 bits per heavy atom. The summed E-state index contributed by atoms with van der Waals surface area (Å²) in [6, 6.07) is 0.414. The third kappa shape index (κ3) is 4.52. The summed E-state index contributed by atoms with van der Waals surface area (Å²) >= 11 is 0.123. The first kappa shape index (κ1) is 17.4. The van der Waals surface area contributed by atoms with E-state index in [0.717, 1.165) is 32.4 Å². The average Bonchev–Trinajstić information content (AvgIpc) is 2.88. The molecule has 1 saturated carbocycles. The largest absolute Gasteiger partial charge is 0.441 e. The molecule has 2 aliphatic rings. The number of alkyl halides is 3. The zero-order valence-corrected chi connectivity index (χ0v) is 13.8. The second-order valence-corrected chi connectivity index (χ2v) is 7.70. The molecule has 0 bridgehead atoms. The van der Waals surface area contributed by atoms with Gasteiger partial charge in [0.05, 0.1) is 0 Å². The Bertz CT molecular complexity index is 329. The Morgan fingerprint density at radius 1 is 1.33 bits per heavy atom. The monoisotopic (exact) mass is 324 g/mol. The molecule has 1 spiro atoms. The third-order valence-electron chi connectivity index (χ3n) is 5.27. The van der Waals surface area contributed by atoms with Crippen molar-refractivity contribution in [1.29, 1.82) is 0 Å². The van der Waals surface area contributed by atoms with Gasteiger partial charge < -0.3 is 5.32 Å². The molecule has 0 aromatic heterocycles. The van der Waals surface area contributed by atoms with Crippen LogP contribution in [0, 0.1) is 5.92 Å². The number of rotatable bonds is 5. The summed E-state index contributed by atoms with van der Waals surface area (Å²) in [6.45, 7) is 6.80. The molecule has 124 valence electrons. The fourth-order valence-corrected chi connectivity index (χ4v) is 4.26. The molecule has 0 radical (unpaired) electrons. The number of piperazine rings is 1. The van der Waals surface area contributed by atoms with E-state index in [-0.39, 0.29) is 23.1 Å². The SMILES string of the molecule is CCC(C)C1CN(CCSC(F)(F)F)C2(CCCC2)CN1. The van der Waals surface area contributed by atoms with Crippen molar-refractivity contribution in [2.45, 2.75) is 63.0 Å². The maximum Gasteiger partial charge on any atom is 0.441 e. The Kier molecular flexibility index (Phi) is 5.88. The van der Waals surface area contributed by atoms with Gasteiger partial charge in [0.1, 0.15) is 0 Å². The lowest BCUT2D eigenvalue weighted by Crippen LogP contribution is -2.65. The lowest BCUT2D eigenvalue weighted by atomic mass is 9.87. The molecule has 1 heterocycles. The standard InChI is InChI=1S/C15H27F3N2S/c1-3-12(2)13-10-20(8-9-21-15(16,17)18)14(11-19-13)6-4-5-7-14/h12-13,19H,3-11H2,1-2H3. The van der Waals surface area contributed by atoms with Crippen molar-refractivity contribution < 1.29 is 13.2 Å². The van der Waals surface area contributed by atoms with E-state index < -0.39 is 5.51 Å². The van der Waals surface area contributed by atoms with Crippen LogP contribution in [0.2, 0.25) is 0 Å². The van der Waals surface area contributed by atoms with Crippen molar-refractivity contribution in [2.24, 2.45) is 5.92 Å². The van der Waals surface area contributed by atoms with Gasteiger partial charge in [0, 0.05) is 37.0 Å². The number of nitrogens with one attached hydrogen (secondary N) is 1. The minimum atomic E-state index is -4.10. The molecular weight excluding hydrogens is 297 g/mol. The Labute approximate surface area is 130 Å². The van der Waals surface area contributed by atoms with Gasteiger partial charge in [-0.05, 0) is 30.5 Å². The number of hydrogen-bond acceptors (Lipinski definition) is 3. The van der Waals surface area contributed by atoms with Crippen LogP contribution >= 0.6 is 11.8 Å². The normalized spacial score (nSPS) is 28.1. The summed E-state index contributed by atoms with van der Waals surface area (Å²) < 4.78 is 37.1. The molecule has 2 atom stereocenters. The summed E-state index contributed by atoms with van der Waals surface area (Å²) in [5.41, 5.74) is -3.98. The van der Waals surface area contributed by atoms with Crippen molar-refractivity contribution in [3.05, 3.63) is 0 Å². The quantitative estimate of drug-likeness (QED) is 0.826. The van der Waals surface area contributed by atoms with Crippen LogP contribution in [0.3, 0.4) is 0 Å². The molecule has 2 fully saturated rings. The Hall–Kier alpha value is 0.0600. The van der Waals surface area contributed by atoms with Crippen LogP contribution in [0.15, 0.2) is 0 Å². The van der Waals surface area contributed by atoms with E-state index in [2.05, 4.69) is 24.1 Å². The molecular formula is C15H27F3N2S. The number of thioether (sulfide) groups is 1. The van der Waals surface area contributed by atoms with Crippen LogP contribution in [-0.2, 0) is 0 Å². The number of hydrogen-bond donors (Lipinski definition) is 1. The zero-order valence-electron chi connectivity index (χ0n) is 13.0. The van der Waals surface area contributed by atoms with E-state index in [9.17, 15) is 13.2 Å².